The first-order valence-corrected chi connectivity index (χ1v) is 10.8. The van der Waals surface area contributed by atoms with Crippen LogP contribution in [0.4, 0.5) is 29.3 Å². The molecule has 0 spiro atoms. The van der Waals surface area contributed by atoms with Crippen LogP contribution in [0.15, 0.2) is 71.8 Å². The normalized spacial score (nSPS) is 15.4. The Balaban J connectivity index is 1.75. The number of nitrogens with zero attached hydrogens (tertiary/aromatic N) is 3. The molecule has 0 saturated carbocycles. The third-order valence-electron chi connectivity index (χ3n) is 4.53. The largest absolute Gasteiger partial charge is 0.573 e. The number of alkyl halides is 3. The van der Waals surface area contributed by atoms with E-state index in [4.69, 9.17) is 11.6 Å². The molecule has 2 aromatic carbocycles. The molecule has 1 aromatic heterocycles. The summed E-state index contributed by atoms with van der Waals surface area (Å²) in [6.07, 6.45) is -3.48. The van der Waals surface area contributed by atoms with E-state index < -0.39 is 28.2 Å². The van der Waals surface area contributed by atoms with E-state index in [9.17, 15) is 26.4 Å². The van der Waals surface area contributed by atoms with Gasteiger partial charge in [0.2, 0.25) is 0 Å². The second-order valence-electron chi connectivity index (χ2n) is 6.61. The van der Waals surface area contributed by atoms with Crippen molar-refractivity contribution in [3.63, 3.8) is 0 Å². The number of rotatable bonds is 4. The van der Waals surface area contributed by atoms with Crippen LogP contribution in [0.3, 0.4) is 0 Å². The summed E-state index contributed by atoms with van der Waals surface area (Å²) in [6.45, 7) is -0.119. The predicted octanol–water partition coefficient (Wildman–Crippen LogP) is 4.97. The fourth-order valence-electron chi connectivity index (χ4n) is 3.21. The first-order chi connectivity index (χ1) is 15.1. The molecule has 0 saturated heterocycles. The van der Waals surface area contributed by atoms with Crippen molar-refractivity contribution in [1.82, 2.24) is 4.98 Å². The van der Waals surface area contributed by atoms with Crippen LogP contribution in [0.25, 0.3) is 0 Å². The lowest BCUT2D eigenvalue weighted by Gasteiger charge is -2.36. The monoisotopic (exact) mass is 483 g/mol. The molecule has 12 heteroatoms. The van der Waals surface area contributed by atoms with Gasteiger partial charge >= 0.3 is 12.4 Å². The number of urea groups is 1. The Morgan fingerprint density at radius 3 is 2.28 bits per heavy atom. The number of aromatic nitrogens is 1. The molecular formula is C20H13ClF3N3O4S. The summed E-state index contributed by atoms with van der Waals surface area (Å²) in [5, 5.41) is -0.183. The number of para-hydroxylation sites is 1. The highest BCUT2D eigenvalue weighted by molar-refractivity contribution is 7.94. The Bertz CT molecular complexity index is 1280. The summed E-state index contributed by atoms with van der Waals surface area (Å²) in [6, 6.07) is 12.7. The third kappa shape index (κ3) is 4.08. The van der Waals surface area contributed by atoms with E-state index in [1.54, 1.807) is 6.07 Å². The molecule has 0 unspecified atom stereocenters. The van der Waals surface area contributed by atoms with E-state index in [0.717, 1.165) is 12.1 Å². The van der Waals surface area contributed by atoms with Gasteiger partial charge in [0.15, 0.2) is 5.15 Å². The van der Waals surface area contributed by atoms with Crippen molar-refractivity contribution in [3.05, 3.63) is 77.6 Å². The van der Waals surface area contributed by atoms with E-state index in [2.05, 4.69) is 9.72 Å². The molecule has 1 aliphatic heterocycles. The molecule has 0 radical (unpaired) electrons. The number of carbonyl (C=O) groups excluding carboxylic acids is 1. The van der Waals surface area contributed by atoms with E-state index in [0.29, 0.717) is 9.87 Å². The number of ether oxygens (including phenoxy) is 1. The highest BCUT2D eigenvalue weighted by atomic mass is 35.5. The van der Waals surface area contributed by atoms with Gasteiger partial charge in [0, 0.05) is 6.20 Å². The van der Waals surface area contributed by atoms with Crippen molar-refractivity contribution in [2.45, 2.75) is 17.8 Å². The van der Waals surface area contributed by atoms with Crippen molar-refractivity contribution in [1.29, 1.82) is 0 Å². The molecule has 32 heavy (non-hydrogen) atoms. The van der Waals surface area contributed by atoms with Crippen LogP contribution < -0.4 is 13.9 Å². The maximum absolute atomic E-state index is 13.3. The third-order valence-corrected chi connectivity index (χ3v) is 6.56. The Labute approximate surface area is 185 Å². The van der Waals surface area contributed by atoms with Gasteiger partial charge in [0.25, 0.3) is 10.0 Å². The SMILES string of the molecule is O=C1N(Cc2ccc(OC(F)(F)F)cc2)c2ccccc2S(=O)(=O)N1c1cccnc1Cl. The molecule has 2 amide bonds. The molecule has 2 heterocycles. The highest BCUT2D eigenvalue weighted by Gasteiger charge is 2.43. The Morgan fingerprint density at radius 2 is 1.62 bits per heavy atom. The zero-order valence-corrected chi connectivity index (χ0v) is 17.5. The summed E-state index contributed by atoms with van der Waals surface area (Å²) < 4.78 is 68.0. The van der Waals surface area contributed by atoms with Gasteiger partial charge in [-0.15, -0.1) is 13.2 Å². The molecule has 1 aliphatic rings. The van der Waals surface area contributed by atoms with E-state index >= 15 is 0 Å². The van der Waals surface area contributed by atoms with Gasteiger partial charge in [0.1, 0.15) is 10.6 Å². The van der Waals surface area contributed by atoms with Crippen LogP contribution in [-0.2, 0) is 16.6 Å². The minimum Gasteiger partial charge on any atom is -0.406 e. The summed E-state index contributed by atoms with van der Waals surface area (Å²) in [7, 11) is -4.29. The van der Waals surface area contributed by atoms with Crippen LogP contribution in [0.5, 0.6) is 5.75 Å². The fourth-order valence-corrected chi connectivity index (χ4v) is 5.06. The Hall–Kier alpha value is -3.31. The highest BCUT2D eigenvalue weighted by Crippen LogP contribution is 2.39. The van der Waals surface area contributed by atoms with Crippen molar-refractivity contribution in [2.75, 3.05) is 9.21 Å². The number of anilines is 2. The van der Waals surface area contributed by atoms with Crippen LogP contribution in [0.1, 0.15) is 5.56 Å². The van der Waals surface area contributed by atoms with E-state index in [1.807, 2.05) is 0 Å². The zero-order chi connectivity index (χ0) is 23.1. The van der Waals surface area contributed by atoms with Crippen LogP contribution in [0, 0.1) is 0 Å². The molecule has 0 N–H and O–H groups in total. The standard InChI is InChI=1S/C20H13ClF3N3O4S/c21-18-16(5-3-11-25-18)27-19(28)26(15-4-1-2-6-17(15)32(27,29)30)12-13-7-9-14(10-8-13)31-20(22,23)24/h1-11H,12H2. The van der Waals surface area contributed by atoms with Crippen molar-refractivity contribution in [2.24, 2.45) is 0 Å². The average molecular weight is 484 g/mol. The van der Waals surface area contributed by atoms with Gasteiger partial charge in [-0.05, 0) is 42.0 Å². The number of benzene rings is 2. The average Bonchev–Trinajstić information content (AvgIpc) is 2.73. The minimum absolute atomic E-state index is 0.118. The fraction of sp³-hybridized carbons (Fsp3) is 0.100. The molecular weight excluding hydrogens is 471 g/mol. The van der Waals surface area contributed by atoms with Crippen molar-refractivity contribution in [3.8, 4) is 5.75 Å². The molecule has 0 atom stereocenters. The molecule has 7 nitrogen and oxygen atoms in total. The van der Waals surface area contributed by atoms with Gasteiger partial charge in [-0.3, -0.25) is 4.90 Å². The molecule has 0 fully saturated rings. The Kier molecular flexibility index (Phi) is 5.47. The van der Waals surface area contributed by atoms with Crippen LogP contribution in [-0.4, -0.2) is 25.8 Å². The number of sulfonamides is 1. The van der Waals surface area contributed by atoms with Crippen LogP contribution in [0.2, 0.25) is 5.15 Å². The summed E-state index contributed by atoms with van der Waals surface area (Å²) in [5.74, 6) is -0.419. The van der Waals surface area contributed by atoms with Gasteiger partial charge < -0.3 is 4.74 Å². The number of pyridine rings is 1. The predicted molar refractivity (Wildman–Crippen MR) is 110 cm³/mol. The van der Waals surface area contributed by atoms with Gasteiger partial charge in [-0.1, -0.05) is 35.9 Å². The lowest BCUT2D eigenvalue weighted by atomic mass is 10.2. The summed E-state index contributed by atoms with van der Waals surface area (Å²) >= 11 is 6.06. The van der Waals surface area contributed by atoms with Crippen LogP contribution >= 0.6 is 11.6 Å². The first kappa shape index (κ1) is 21.9. The second kappa shape index (κ2) is 7.99. The molecule has 4 rings (SSSR count). The summed E-state index contributed by atoms with van der Waals surface area (Å²) in [5.41, 5.74) is 0.455. The van der Waals surface area contributed by atoms with E-state index in [1.165, 1.54) is 53.6 Å². The number of fused-ring (bicyclic) bond motifs is 1. The number of carbonyl (C=O) groups is 1. The molecule has 0 bridgehead atoms. The maximum atomic E-state index is 13.3. The lowest BCUT2D eigenvalue weighted by molar-refractivity contribution is -0.274. The van der Waals surface area contributed by atoms with Gasteiger partial charge in [-0.25, -0.2) is 18.2 Å². The zero-order valence-electron chi connectivity index (χ0n) is 16.0. The number of halogens is 4. The first-order valence-electron chi connectivity index (χ1n) is 8.99. The lowest BCUT2D eigenvalue weighted by Crippen LogP contribution is -2.50. The minimum atomic E-state index is -4.83. The maximum Gasteiger partial charge on any atom is 0.573 e. The van der Waals surface area contributed by atoms with Crippen molar-refractivity contribution >= 4 is 39.0 Å². The quantitative estimate of drug-likeness (QED) is 0.489. The second-order valence-corrected chi connectivity index (χ2v) is 8.72. The molecule has 0 aliphatic carbocycles. The topological polar surface area (TPSA) is 79.8 Å². The Morgan fingerprint density at radius 1 is 0.969 bits per heavy atom. The number of amides is 2. The number of hydrogen-bond acceptors (Lipinski definition) is 5. The smallest absolute Gasteiger partial charge is 0.406 e. The molecule has 3 aromatic rings. The van der Waals surface area contributed by atoms with E-state index in [-0.39, 0.29) is 28.0 Å². The molecule has 166 valence electrons. The number of hydrogen-bond donors (Lipinski definition) is 0. The van der Waals surface area contributed by atoms with Crippen molar-refractivity contribution < 1.29 is 31.1 Å². The van der Waals surface area contributed by atoms with Gasteiger partial charge in [0.05, 0.1) is 17.9 Å². The van der Waals surface area contributed by atoms with Gasteiger partial charge in [-0.2, -0.15) is 4.31 Å². The summed E-state index contributed by atoms with van der Waals surface area (Å²) in [4.78, 5) is 18.2.